The van der Waals surface area contributed by atoms with Crippen molar-refractivity contribution in [2.75, 3.05) is 6.54 Å². The number of nitrogens with one attached hydrogen (secondary N) is 1. The lowest BCUT2D eigenvalue weighted by Gasteiger charge is -2.33. The summed E-state index contributed by atoms with van der Waals surface area (Å²) in [4.78, 5) is 14.6. The number of carbonyl (C=O) groups is 1. The average molecular weight is 300 g/mol. The first kappa shape index (κ1) is 14.1. The molecule has 3 aliphatic heterocycles. The topological polar surface area (TPSA) is 52.6 Å². The SMILES string of the molecule is O=C(CC1CC2CCC(C1)N2)N1CCc2ccc(O)cc2C1. The second-order valence-electron chi connectivity index (χ2n) is 7.20. The Labute approximate surface area is 131 Å². The summed E-state index contributed by atoms with van der Waals surface area (Å²) in [5.41, 5.74) is 2.37. The normalized spacial score (nSPS) is 30.2. The minimum Gasteiger partial charge on any atom is -0.508 e. The molecule has 0 spiro atoms. The summed E-state index contributed by atoms with van der Waals surface area (Å²) in [7, 11) is 0. The predicted octanol–water partition coefficient (Wildman–Crippen LogP) is 2.20. The van der Waals surface area contributed by atoms with Crippen LogP contribution in [0.2, 0.25) is 0 Å². The molecule has 2 fully saturated rings. The molecule has 1 aromatic carbocycles. The van der Waals surface area contributed by atoms with Gasteiger partial charge in [0.1, 0.15) is 5.75 Å². The fourth-order valence-corrected chi connectivity index (χ4v) is 4.47. The van der Waals surface area contributed by atoms with Gasteiger partial charge in [0.05, 0.1) is 0 Å². The first-order chi connectivity index (χ1) is 10.7. The van der Waals surface area contributed by atoms with E-state index in [0.717, 1.165) is 31.4 Å². The van der Waals surface area contributed by atoms with Crippen molar-refractivity contribution in [2.45, 2.75) is 57.2 Å². The van der Waals surface area contributed by atoms with Crippen molar-refractivity contribution in [2.24, 2.45) is 5.92 Å². The summed E-state index contributed by atoms with van der Waals surface area (Å²) in [5, 5.41) is 13.3. The van der Waals surface area contributed by atoms with E-state index in [9.17, 15) is 9.90 Å². The van der Waals surface area contributed by atoms with Crippen LogP contribution >= 0.6 is 0 Å². The van der Waals surface area contributed by atoms with Crippen molar-refractivity contribution in [3.8, 4) is 5.75 Å². The largest absolute Gasteiger partial charge is 0.508 e. The third kappa shape index (κ3) is 2.72. The quantitative estimate of drug-likeness (QED) is 0.880. The molecular weight excluding hydrogens is 276 g/mol. The van der Waals surface area contributed by atoms with Crippen molar-refractivity contribution in [3.63, 3.8) is 0 Å². The number of hydrogen-bond acceptors (Lipinski definition) is 3. The predicted molar refractivity (Wildman–Crippen MR) is 84.5 cm³/mol. The number of rotatable bonds is 2. The summed E-state index contributed by atoms with van der Waals surface area (Å²) in [5.74, 6) is 1.14. The molecule has 2 bridgehead atoms. The second-order valence-corrected chi connectivity index (χ2v) is 7.20. The van der Waals surface area contributed by atoms with Gasteiger partial charge in [-0.15, -0.1) is 0 Å². The molecule has 4 heteroatoms. The van der Waals surface area contributed by atoms with E-state index in [2.05, 4.69) is 5.32 Å². The van der Waals surface area contributed by atoms with Gasteiger partial charge in [0.2, 0.25) is 5.91 Å². The monoisotopic (exact) mass is 300 g/mol. The van der Waals surface area contributed by atoms with Gasteiger partial charge in [0.25, 0.3) is 0 Å². The van der Waals surface area contributed by atoms with Crippen LogP contribution < -0.4 is 5.32 Å². The molecule has 1 aromatic rings. The number of phenolic OH excluding ortho intramolecular Hbond substituents is 1. The van der Waals surface area contributed by atoms with Gasteiger partial charge in [-0.2, -0.15) is 0 Å². The van der Waals surface area contributed by atoms with Gasteiger partial charge >= 0.3 is 0 Å². The molecule has 2 unspecified atom stereocenters. The Balaban J connectivity index is 1.39. The van der Waals surface area contributed by atoms with Gasteiger partial charge in [-0.05, 0) is 61.3 Å². The fourth-order valence-electron chi connectivity index (χ4n) is 4.47. The van der Waals surface area contributed by atoms with Crippen LogP contribution in [0.5, 0.6) is 5.75 Å². The molecule has 3 heterocycles. The fraction of sp³-hybridized carbons (Fsp3) is 0.611. The number of carbonyl (C=O) groups excluding carboxylic acids is 1. The number of benzene rings is 1. The molecule has 1 amide bonds. The minimum atomic E-state index is 0.292. The summed E-state index contributed by atoms with van der Waals surface area (Å²) in [6, 6.07) is 6.82. The van der Waals surface area contributed by atoms with Crippen LogP contribution in [0.3, 0.4) is 0 Å². The third-order valence-electron chi connectivity index (χ3n) is 5.59. The van der Waals surface area contributed by atoms with Crippen molar-refractivity contribution in [1.29, 1.82) is 0 Å². The van der Waals surface area contributed by atoms with Crippen LogP contribution in [0.15, 0.2) is 18.2 Å². The first-order valence-corrected chi connectivity index (χ1v) is 8.52. The molecule has 2 N–H and O–H groups in total. The molecule has 2 saturated heterocycles. The van der Waals surface area contributed by atoms with Crippen molar-refractivity contribution >= 4 is 5.91 Å². The number of piperidine rings is 1. The summed E-state index contributed by atoms with van der Waals surface area (Å²) in [6.07, 6.45) is 6.49. The van der Waals surface area contributed by atoms with E-state index in [4.69, 9.17) is 0 Å². The average Bonchev–Trinajstić information content (AvgIpc) is 2.85. The lowest BCUT2D eigenvalue weighted by molar-refractivity contribution is -0.133. The maximum Gasteiger partial charge on any atom is 0.223 e. The number of fused-ring (bicyclic) bond motifs is 3. The maximum absolute atomic E-state index is 12.6. The van der Waals surface area contributed by atoms with E-state index in [-0.39, 0.29) is 0 Å². The lowest BCUT2D eigenvalue weighted by atomic mass is 9.89. The molecule has 0 aromatic heterocycles. The van der Waals surface area contributed by atoms with E-state index < -0.39 is 0 Å². The number of aromatic hydroxyl groups is 1. The van der Waals surface area contributed by atoms with Gasteiger partial charge in [0.15, 0.2) is 0 Å². The van der Waals surface area contributed by atoms with Gasteiger partial charge in [-0.25, -0.2) is 0 Å². The molecule has 0 saturated carbocycles. The number of hydrogen-bond donors (Lipinski definition) is 2. The van der Waals surface area contributed by atoms with Gasteiger partial charge in [-0.1, -0.05) is 6.07 Å². The van der Waals surface area contributed by atoms with Gasteiger partial charge < -0.3 is 15.3 Å². The van der Waals surface area contributed by atoms with Crippen LogP contribution in [-0.2, 0) is 17.8 Å². The Morgan fingerprint density at radius 1 is 1.23 bits per heavy atom. The highest BCUT2D eigenvalue weighted by Crippen LogP contribution is 2.33. The maximum atomic E-state index is 12.6. The van der Waals surface area contributed by atoms with Crippen molar-refractivity contribution in [1.82, 2.24) is 10.2 Å². The van der Waals surface area contributed by atoms with E-state index in [1.54, 1.807) is 12.1 Å². The van der Waals surface area contributed by atoms with E-state index in [1.165, 1.54) is 18.4 Å². The van der Waals surface area contributed by atoms with Crippen LogP contribution in [0, 0.1) is 5.92 Å². The third-order valence-corrected chi connectivity index (χ3v) is 5.59. The van der Waals surface area contributed by atoms with Gasteiger partial charge in [0, 0.05) is 31.6 Å². The van der Waals surface area contributed by atoms with Crippen molar-refractivity contribution < 1.29 is 9.90 Å². The Bertz CT molecular complexity index is 574. The molecule has 22 heavy (non-hydrogen) atoms. The first-order valence-electron chi connectivity index (χ1n) is 8.52. The minimum absolute atomic E-state index is 0.292. The van der Waals surface area contributed by atoms with Crippen LogP contribution in [-0.4, -0.2) is 34.5 Å². The van der Waals surface area contributed by atoms with E-state index in [0.29, 0.717) is 42.6 Å². The Morgan fingerprint density at radius 3 is 2.77 bits per heavy atom. The zero-order chi connectivity index (χ0) is 15.1. The van der Waals surface area contributed by atoms with E-state index >= 15 is 0 Å². The zero-order valence-electron chi connectivity index (χ0n) is 12.9. The standard InChI is InChI=1S/C18H24N2O2/c21-17-4-1-13-5-6-20(11-14(13)10-17)18(22)9-12-7-15-2-3-16(8-12)19-15/h1,4,10,12,15-16,19,21H,2-3,5-9,11H2. The highest BCUT2D eigenvalue weighted by atomic mass is 16.3. The highest BCUT2D eigenvalue weighted by molar-refractivity contribution is 5.77. The Morgan fingerprint density at radius 2 is 2.00 bits per heavy atom. The smallest absolute Gasteiger partial charge is 0.223 e. The summed E-state index contributed by atoms with van der Waals surface area (Å²) < 4.78 is 0. The van der Waals surface area contributed by atoms with Crippen molar-refractivity contribution in [3.05, 3.63) is 29.3 Å². The van der Waals surface area contributed by atoms with Crippen LogP contribution in [0.4, 0.5) is 0 Å². The lowest BCUT2D eigenvalue weighted by Crippen LogP contribution is -2.41. The Hall–Kier alpha value is -1.55. The molecule has 2 atom stereocenters. The molecule has 118 valence electrons. The van der Waals surface area contributed by atoms with Gasteiger partial charge in [-0.3, -0.25) is 4.79 Å². The van der Waals surface area contributed by atoms with Crippen LogP contribution in [0.1, 0.15) is 43.2 Å². The summed E-state index contributed by atoms with van der Waals surface area (Å²) >= 11 is 0. The molecule has 3 aliphatic rings. The van der Waals surface area contributed by atoms with E-state index in [1.807, 2.05) is 11.0 Å². The molecule has 0 aliphatic carbocycles. The Kier molecular flexibility index (Phi) is 3.57. The highest BCUT2D eigenvalue weighted by Gasteiger charge is 2.35. The second kappa shape index (κ2) is 5.58. The number of nitrogens with zero attached hydrogens (tertiary/aromatic N) is 1. The van der Waals surface area contributed by atoms with Crippen LogP contribution in [0.25, 0.3) is 0 Å². The molecule has 0 radical (unpaired) electrons. The zero-order valence-corrected chi connectivity index (χ0v) is 12.9. The molecule has 4 nitrogen and oxygen atoms in total. The number of amides is 1. The number of phenols is 1. The summed E-state index contributed by atoms with van der Waals surface area (Å²) in [6.45, 7) is 1.47. The molecule has 4 rings (SSSR count). The molecular formula is C18H24N2O2.